The van der Waals surface area contributed by atoms with Gasteiger partial charge in [-0.2, -0.15) is 0 Å². The van der Waals surface area contributed by atoms with Crippen LogP contribution < -0.4 is 11.1 Å². The molecule has 1 aliphatic rings. The fourth-order valence-electron chi connectivity index (χ4n) is 4.35. The van der Waals surface area contributed by atoms with Crippen LogP contribution in [0.5, 0.6) is 0 Å². The van der Waals surface area contributed by atoms with Gasteiger partial charge in [-0.1, -0.05) is 24.3 Å². The first-order valence-electron chi connectivity index (χ1n) is 12.1. The number of methoxy groups -OCH3 is 1. The summed E-state index contributed by atoms with van der Waals surface area (Å²) in [6.07, 6.45) is 8.15. The Kier molecular flexibility index (Phi) is 7.38. The van der Waals surface area contributed by atoms with Crippen molar-refractivity contribution in [3.63, 3.8) is 0 Å². The van der Waals surface area contributed by atoms with Crippen molar-refractivity contribution in [2.24, 2.45) is 0 Å². The molecule has 0 aliphatic carbocycles. The van der Waals surface area contributed by atoms with Gasteiger partial charge in [-0.05, 0) is 24.3 Å². The van der Waals surface area contributed by atoms with Gasteiger partial charge >= 0.3 is 0 Å². The number of imidazole rings is 1. The van der Waals surface area contributed by atoms with E-state index in [2.05, 4.69) is 15.3 Å². The molecule has 38 heavy (non-hydrogen) atoms. The van der Waals surface area contributed by atoms with E-state index in [1.165, 1.54) is 6.08 Å². The number of morpholine rings is 1. The molecule has 0 bridgehead atoms. The monoisotopic (exact) mass is 513 g/mol. The number of nitrogen functional groups attached to an aromatic ring is 1. The van der Waals surface area contributed by atoms with E-state index in [1.807, 2.05) is 4.40 Å². The van der Waals surface area contributed by atoms with Crippen LogP contribution in [0.3, 0.4) is 0 Å². The summed E-state index contributed by atoms with van der Waals surface area (Å²) in [7, 11) is 1.57. The van der Waals surface area contributed by atoms with Crippen LogP contribution in [0.4, 0.5) is 11.6 Å². The number of benzene rings is 1. The van der Waals surface area contributed by atoms with Gasteiger partial charge in [0, 0.05) is 49.4 Å². The first-order chi connectivity index (χ1) is 18.6. The van der Waals surface area contributed by atoms with Gasteiger partial charge in [0.05, 0.1) is 19.8 Å². The quantitative estimate of drug-likeness (QED) is 0.360. The lowest BCUT2D eigenvalue weighted by atomic mass is 10.1. The summed E-state index contributed by atoms with van der Waals surface area (Å²) in [5.41, 5.74) is 8.72. The fourth-order valence-corrected chi connectivity index (χ4v) is 4.35. The van der Waals surface area contributed by atoms with Crippen molar-refractivity contribution >= 4 is 29.0 Å². The number of anilines is 2. The lowest BCUT2D eigenvalue weighted by Crippen LogP contribution is -2.43. The molecular formula is C27H27N7O4. The van der Waals surface area contributed by atoms with Crippen LogP contribution in [0, 0.1) is 0 Å². The van der Waals surface area contributed by atoms with Gasteiger partial charge in [0.2, 0.25) is 5.91 Å². The standard InChI is InChI=1S/C27H27N7O4/c1-37-15-4-6-22(35)33-14-16-38-17-20(33)26-32-23(24-25(28)30-12-13-34(24)26)18-7-9-19(10-8-18)27(36)31-21-5-2-3-11-29-21/h2-13,20H,14-17H2,1H3,(H2,28,30)(H,29,31,36). The average Bonchev–Trinajstić information content (AvgIpc) is 3.34. The molecule has 1 fully saturated rings. The summed E-state index contributed by atoms with van der Waals surface area (Å²) in [5.74, 6) is 0.943. The second-order valence-corrected chi connectivity index (χ2v) is 8.58. The zero-order valence-electron chi connectivity index (χ0n) is 20.8. The Hall–Kier alpha value is -4.61. The molecule has 5 rings (SSSR count). The second-order valence-electron chi connectivity index (χ2n) is 8.58. The second kappa shape index (κ2) is 11.2. The molecule has 2 amide bonds. The van der Waals surface area contributed by atoms with Crippen molar-refractivity contribution < 1.29 is 19.1 Å². The summed E-state index contributed by atoms with van der Waals surface area (Å²) in [6.45, 7) is 1.49. The molecule has 4 aromatic rings. The van der Waals surface area contributed by atoms with Gasteiger partial charge in [-0.25, -0.2) is 15.0 Å². The SMILES string of the molecule is COCC=CC(=O)N1CCOCC1c1nc(-c2ccc(C(=O)Nc3ccccn3)cc2)c2c(N)nccn12. The number of nitrogens with one attached hydrogen (secondary N) is 1. The van der Waals surface area contributed by atoms with Crippen molar-refractivity contribution in [3.8, 4) is 11.3 Å². The molecular weight excluding hydrogens is 486 g/mol. The third kappa shape index (κ3) is 5.10. The summed E-state index contributed by atoms with van der Waals surface area (Å²) in [4.78, 5) is 40.7. The molecule has 194 valence electrons. The minimum absolute atomic E-state index is 0.154. The highest BCUT2D eigenvalue weighted by molar-refractivity contribution is 6.04. The maximum Gasteiger partial charge on any atom is 0.256 e. The van der Waals surface area contributed by atoms with Gasteiger partial charge in [0.25, 0.3) is 5.91 Å². The number of carbonyl (C=O) groups excluding carboxylic acids is 2. The van der Waals surface area contributed by atoms with Crippen LogP contribution in [-0.2, 0) is 14.3 Å². The van der Waals surface area contributed by atoms with Crippen molar-refractivity contribution in [3.05, 3.63) is 84.6 Å². The van der Waals surface area contributed by atoms with Gasteiger partial charge < -0.3 is 25.4 Å². The first kappa shape index (κ1) is 25.1. The van der Waals surface area contributed by atoms with Gasteiger partial charge in [0.15, 0.2) is 0 Å². The predicted octanol–water partition coefficient (Wildman–Crippen LogP) is 2.73. The van der Waals surface area contributed by atoms with Crippen molar-refractivity contribution in [2.45, 2.75) is 6.04 Å². The molecule has 0 saturated carbocycles. The summed E-state index contributed by atoms with van der Waals surface area (Å²) < 4.78 is 12.6. The molecule has 1 aliphatic heterocycles. The number of hydrogen-bond donors (Lipinski definition) is 2. The maximum atomic E-state index is 13.0. The third-order valence-electron chi connectivity index (χ3n) is 6.17. The molecule has 11 heteroatoms. The Bertz CT molecular complexity index is 1470. The smallest absolute Gasteiger partial charge is 0.256 e. The van der Waals surface area contributed by atoms with Crippen LogP contribution >= 0.6 is 0 Å². The minimum Gasteiger partial charge on any atom is -0.382 e. The van der Waals surface area contributed by atoms with E-state index in [1.54, 1.807) is 79.1 Å². The number of carbonyl (C=O) groups is 2. The Morgan fingerprint density at radius 3 is 2.79 bits per heavy atom. The zero-order chi connectivity index (χ0) is 26.5. The van der Waals surface area contributed by atoms with Crippen molar-refractivity contribution in [1.29, 1.82) is 0 Å². The molecule has 1 aromatic carbocycles. The van der Waals surface area contributed by atoms with E-state index in [0.29, 0.717) is 54.0 Å². The van der Waals surface area contributed by atoms with E-state index in [-0.39, 0.29) is 18.4 Å². The highest BCUT2D eigenvalue weighted by Crippen LogP contribution is 2.33. The van der Waals surface area contributed by atoms with Crippen LogP contribution in [0.15, 0.2) is 73.2 Å². The fraction of sp³-hybridized carbons (Fsp3) is 0.222. The molecule has 1 saturated heterocycles. The Labute approximate surface area is 218 Å². The summed E-state index contributed by atoms with van der Waals surface area (Å²) in [6, 6.07) is 11.9. The van der Waals surface area contributed by atoms with Gasteiger partial charge in [0.1, 0.15) is 34.7 Å². The molecule has 1 unspecified atom stereocenters. The largest absolute Gasteiger partial charge is 0.382 e. The summed E-state index contributed by atoms with van der Waals surface area (Å²) >= 11 is 0. The highest BCUT2D eigenvalue weighted by atomic mass is 16.5. The molecule has 0 radical (unpaired) electrons. The number of rotatable bonds is 7. The minimum atomic E-state index is -0.435. The zero-order valence-corrected chi connectivity index (χ0v) is 20.8. The van der Waals surface area contributed by atoms with Crippen LogP contribution in [0.2, 0.25) is 0 Å². The first-order valence-corrected chi connectivity index (χ1v) is 12.1. The third-order valence-corrected chi connectivity index (χ3v) is 6.17. The number of aromatic nitrogens is 4. The van der Waals surface area contributed by atoms with E-state index >= 15 is 0 Å². The molecule has 0 spiro atoms. The Morgan fingerprint density at radius 2 is 2.03 bits per heavy atom. The topological polar surface area (TPSA) is 137 Å². The number of nitrogens with zero attached hydrogens (tertiary/aromatic N) is 5. The van der Waals surface area contributed by atoms with Crippen molar-refractivity contribution in [1.82, 2.24) is 24.3 Å². The molecule has 3 aromatic heterocycles. The lowest BCUT2D eigenvalue weighted by molar-refractivity contribution is -0.135. The number of hydrogen-bond acceptors (Lipinski definition) is 8. The van der Waals surface area contributed by atoms with Crippen molar-refractivity contribution in [2.75, 3.05) is 44.5 Å². The number of amides is 2. The average molecular weight is 514 g/mol. The number of pyridine rings is 1. The number of nitrogens with two attached hydrogens (primary N) is 1. The predicted molar refractivity (Wildman–Crippen MR) is 141 cm³/mol. The van der Waals surface area contributed by atoms with Gasteiger partial charge in [-0.15, -0.1) is 0 Å². The Morgan fingerprint density at radius 1 is 1.18 bits per heavy atom. The summed E-state index contributed by atoms with van der Waals surface area (Å²) in [5, 5.41) is 2.77. The molecule has 4 heterocycles. The number of ether oxygens (including phenoxy) is 2. The van der Waals surface area contributed by atoms with Gasteiger partial charge in [-0.3, -0.25) is 14.0 Å². The molecule has 1 atom stereocenters. The van der Waals surface area contributed by atoms with E-state index < -0.39 is 6.04 Å². The van der Waals surface area contributed by atoms with E-state index in [0.717, 1.165) is 5.56 Å². The van der Waals surface area contributed by atoms with E-state index in [9.17, 15) is 9.59 Å². The number of fused-ring (bicyclic) bond motifs is 1. The van der Waals surface area contributed by atoms with Crippen LogP contribution in [0.25, 0.3) is 16.8 Å². The molecule has 3 N–H and O–H groups in total. The molecule has 11 nitrogen and oxygen atoms in total. The normalized spacial score (nSPS) is 15.7. The lowest BCUT2D eigenvalue weighted by Gasteiger charge is -2.34. The van der Waals surface area contributed by atoms with Crippen LogP contribution in [-0.4, -0.2) is 69.5 Å². The van der Waals surface area contributed by atoms with Crippen LogP contribution in [0.1, 0.15) is 22.2 Å². The maximum absolute atomic E-state index is 13.0. The van der Waals surface area contributed by atoms with E-state index in [4.69, 9.17) is 20.2 Å². The Balaban J connectivity index is 1.48. The highest BCUT2D eigenvalue weighted by Gasteiger charge is 2.32.